The number of primary amides is 1. The van der Waals surface area contributed by atoms with Crippen LogP contribution in [0.1, 0.15) is 10.5 Å². The zero-order chi connectivity index (χ0) is 15.7. The van der Waals surface area contributed by atoms with Gasteiger partial charge in [-0.3, -0.25) is 9.78 Å². The summed E-state index contributed by atoms with van der Waals surface area (Å²) in [7, 11) is 3.64. The minimum Gasteiger partial charge on any atom is -0.378 e. The average molecular weight is 313 g/mol. The standard InChI is InChI=1S/C15H15N5OS/c1-17-14-12(13(16)21)19-15(22-14)20(2)10-5-6-11-9(8-10)4-3-7-18-11/h3-8,17H,1-2H3,(H2,16,21). The molecule has 7 heteroatoms. The number of carbonyl (C=O) groups excluding carboxylic acids is 1. The fourth-order valence-electron chi connectivity index (χ4n) is 2.17. The van der Waals surface area contributed by atoms with Crippen LogP contribution in [0.2, 0.25) is 0 Å². The molecule has 6 nitrogen and oxygen atoms in total. The number of rotatable bonds is 4. The second kappa shape index (κ2) is 5.61. The van der Waals surface area contributed by atoms with Crippen molar-refractivity contribution in [3.63, 3.8) is 0 Å². The molecule has 112 valence electrons. The lowest BCUT2D eigenvalue weighted by Gasteiger charge is -2.16. The molecule has 0 aliphatic carbocycles. The molecule has 3 N–H and O–H groups in total. The highest BCUT2D eigenvalue weighted by atomic mass is 32.1. The lowest BCUT2D eigenvalue weighted by atomic mass is 10.2. The van der Waals surface area contributed by atoms with Crippen LogP contribution in [-0.2, 0) is 0 Å². The normalized spacial score (nSPS) is 10.6. The average Bonchev–Trinajstić information content (AvgIpc) is 2.98. The summed E-state index contributed by atoms with van der Waals surface area (Å²) in [6, 6.07) is 9.88. The minimum absolute atomic E-state index is 0.261. The first-order chi connectivity index (χ1) is 10.6. The van der Waals surface area contributed by atoms with E-state index in [-0.39, 0.29) is 5.69 Å². The monoisotopic (exact) mass is 313 g/mol. The van der Waals surface area contributed by atoms with Crippen LogP contribution >= 0.6 is 11.3 Å². The second-order valence-corrected chi connectivity index (χ2v) is 5.71. The number of benzene rings is 1. The Labute approximate surface area is 131 Å². The quantitative estimate of drug-likeness (QED) is 0.773. The maximum Gasteiger partial charge on any atom is 0.270 e. The molecule has 3 rings (SSSR count). The van der Waals surface area contributed by atoms with Gasteiger partial charge in [-0.25, -0.2) is 4.98 Å². The number of anilines is 3. The Morgan fingerprint density at radius 3 is 2.86 bits per heavy atom. The molecule has 0 aliphatic rings. The number of pyridine rings is 1. The van der Waals surface area contributed by atoms with Crippen molar-refractivity contribution in [3.05, 3.63) is 42.2 Å². The molecule has 0 atom stereocenters. The molecule has 22 heavy (non-hydrogen) atoms. The van der Waals surface area contributed by atoms with Crippen molar-refractivity contribution in [1.82, 2.24) is 9.97 Å². The van der Waals surface area contributed by atoms with Crippen molar-refractivity contribution in [2.75, 3.05) is 24.3 Å². The van der Waals surface area contributed by atoms with E-state index in [0.29, 0.717) is 10.1 Å². The molecule has 0 radical (unpaired) electrons. The third-order valence-corrected chi connectivity index (χ3v) is 4.49. The third-order valence-electron chi connectivity index (χ3n) is 3.34. The van der Waals surface area contributed by atoms with E-state index in [1.807, 2.05) is 42.3 Å². The van der Waals surface area contributed by atoms with E-state index in [2.05, 4.69) is 15.3 Å². The van der Waals surface area contributed by atoms with Crippen molar-refractivity contribution >= 4 is 44.0 Å². The number of aromatic nitrogens is 2. The number of fused-ring (bicyclic) bond motifs is 1. The smallest absolute Gasteiger partial charge is 0.270 e. The van der Waals surface area contributed by atoms with Crippen LogP contribution in [-0.4, -0.2) is 30.0 Å². The summed E-state index contributed by atoms with van der Waals surface area (Å²) >= 11 is 1.38. The highest BCUT2D eigenvalue weighted by Gasteiger charge is 2.18. The maximum atomic E-state index is 11.4. The van der Waals surface area contributed by atoms with Crippen molar-refractivity contribution in [2.45, 2.75) is 0 Å². The largest absolute Gasteiger partial charge is 0.378 e. The number of carbonyl (C=O) groups is 1. The summed E-state index contributed by atoms with van der Waals surface area (Å²) in [5.74, 6) is -0.539. The number of thiazole rings is 1. The molecular weight excluding hydrogens is 298 g/mol. The summed E-state index contributed by atoms with van der Waals surface area (Å²) < 4.78 is 0. The van der Waals surface area contributed by atoms with Gasteiger partial charge >= 0.3 is 0 Å². The predicted octanol–water partition coefficient (Wildman–Crippen LogP) is 2.60. The van der Waals surface area contributed by atoms with E-state index in [1.54, 1.807) is 13.2 Å². The Morgan fingerprint density at radius 2 is 2.18 bits per heavy atom. The Kier molecular flexibility index (Phi) is 3.64. The highest BCUT2D eigenvalue weighted by molar-refractivity contribution is 7.20. The molecule has 2 aromatic heterocycles. The third kappa shape index (κ3) is 2.46. The summed E-state index contributed by atoms with van der Waals surface area (Å²) in [6.45, 7) is 0. The van der Waals surface area contributed by atoms with Gasteiger partial charge in [-0.15, -0.1) is 0 Å². The maximum absolute atomic E-state index is 11.4. The first-order valence-electron chi connectivity index (χ1n) is 6.67. The number of nitrogens with two attached hydrogens (primary N) is 1. The Bertz CT molecular complexity index is 845. The predicted molar refractivity (Wildman–Crippen MR) is 90.0 cm³/mol. The van der Waals surface area contributed by atoms with Crippen molar-refractivity contribution in [1.29, 1.82) is 0 Å². The summed E-state index contributed by atoms with van der Waals surface area (Å²) in [4.78, 5) is 22.0. The van der Waals surface area contributed by atoms with Crippen LogP contribution in [0.3, 0.4) is 0 Å². The van der Waals surface area contributed by atoms with Gasteiger partial charge in [-0.1, -0.05) is 17.4 Å². The molecular formula is C15H15N5OS. The molecule has 0 saturated carbocycles. The van der Waals surface area contributed by atoms with Crippen LogP contribution in [0.5, 0.6) is 0 Å². The SMILES string of the molecule is CNc1sc(N(C)c2ccc3ncccc3c2)nc1C(N)=O. The minimum atomic E-state index is -0.539. The lowest BCUT2D eigenvalue weighted by molar-refractivity contribution is 0.0997. The molecule has 0 spiro atoms. The molecule has 3 aromatic rings. The summed E-state index contributed by atoms with van der Waals surface area (Å²) in [6.07, 6.45) is 1.77. The van der Waals surface area contributed by atoms with Crippen LogP contribution in [0.15, 0.2) is 36.5 Å². The topological polar surface area (TPSA) is 84.1 Å². The highest BCUT2D eigenvalue weighted by Crippen LogP contribution is 2.34. The molecule has 0 saturated heterocycles. The number of hydrogen-bond donors (Lipinski definition) is 2. The Balaban J connectivity index is 2.01. The van der Waals surface area contributed by atoms with E-state index >= 15 is 0 Å². The van der Waals surface area contributed by atoms with E-state index < -0.39 is 5.91 Å². The van der Waals surface area contributed by atoms with Gasteiger partial charge in [0.15, 0.2) is 10.8 Å². The van der Waals surface area contributed by atoms with Gasteiger partial charge in [0.05, 0.1) is 5.52 Å². The van der Waals surface area contributed by atoms with Crippen LogP contribution in [0.4, 0.5) is 15.8 Å². The number of amides is 1. The number of nitrogens with one attached hydrogen (secondary N) is 1. The van der Waals surface area contributed by atoms with Gasteiger partial charge in [-0.05, 0) is 24.3 Å². The molecule has 1 aromatic carbocycles. The van der Waals surface area contributed by atoms with E-state index in [0.717, 1.165) is 16.6 Å². The molecule has 0 unspecified atom stereocenters. The van der Waals surface area contributed by atoms with Crippen LogP contribution in [0.25, 0.3) is 10.9 Å². The summed E-state index contributed by atoms with van der Waals surface area (Å²) in [5.41, 5.74) is 7.52. The van der Waals surface area contributed by atoms with Crippen LogP contribution in [0, 0.1) is 0 Å². The molecule has 1 amide bonds. The fraction of sp³-hybridized carbons (Fsp3) is 0.133. The first kappa shape index (κ1) is 14.3. The zero-order valence-corrected chi connectivity index (χ0v) is 13.0. The van der Waals surface area contributed by atoms with Gasteiger partial charge < -0.3 is 16.0 Å². The van der Waals surface area contributed by atoms with Gasteiger partial charge in [0.2, 0.25) is 0 Å². The van der Waals surface area contributed by atoms with E-state index in [4.69, 9.17) is 5.73 Å². The first-order valence-corrected chi connectivity index (χ1v) is 7.48. The second-order valence-electron chi connectivity index (χ2n) is 4.73. The molecule has 0 aliphatic heterocycles. The van der Waals surface area contributed by atoms with E-state index in [9.17, 15) is 4.79 Å². The Morgan fingerprint density at radius 1 is 1.36 bits per heavy atom. The van der Waals surface area contributed by atoms with Crippen LogP contribution < -0.4 is 16.0 Å². The molecule has 0 bridgehead atoms. The zero-order valence-electron chi connectivity index (χ0n) is 12.2. The van der Waals surface area contributed by atoms with Gasteiger partial charge in [0.25, 0.3) is 5.91 Å². The fourth-order valence-corrected chi connectivity index (χ4v) is 3.08. The van der Waals surface area contributed by atoms with Gasteiger partial charge in [0.1, 0.15) is 5.00 Å². The summed E-state index contributed by atoms with van der Waals surface area (Å²) in [5, 5.41) is 5.36. The van der Waals surface area contributed by atoms with Gasteiger partial charge in [0, 0.05) is 31.4 Å². The van der Waals surface area contributed by atoms with Gasteiger partial charge in [-0.2, -0.15) is 0 Å². The Hall–Kier alpha value is -2.67. The number of nitrogens with zero attached hydrogens (tertiary/aromatic N) is 3. The molecule has 0 fully saturated rings. The van der Waals surface area contributed by atoms with Crippen molar-refractivity contribution < 1.29 is 4.79 Å². The molecule has 2 heterocycles. The van der Waals surface area contributed by atoms with E-state index in [1.165, 1.54) is 11.3 Å². The van der Waals surface area contributed by atoms with Crippen molar-refractivity contribution in [3.8, 4) is 0 Å². The van der Waals surface area contributed by atoms with Crippen molar-refractivity contribution in [2.24, 2.45) is 5.73 Å². The lowest BCUT2D eigenvalue weighted by Crippen LogP contribution is -2.14. The number of hydrogen-bond acceptors (Lipinski definition) is 6.